The van der Waals surface area contributed by atoms with E-state index in [0.29, 0.717) is 25.1 Å². The van der Waals surface area contributed by atoms with E-state index in [1.165, 1.54) is 0 Å². The fourth-order valence-corrected chi connectivity index (χ4v) is 4.24. The molecular formula is C22H23N7O3. The molecule has 0 spiro atoms. The highest BCUT2D eigenvalue weighted by molar-refractivity contribution is 6.05. The van der Waals surface area contributed by atoms with Crippen LogP contribution in [0.3, 0.4) is 0 Å². The molecule has 2 aromatic heterocycles. The first kappa shape index (κ1) is 20.0. The minimum absolute atomic E-state index is 0.177. The number of piperidine rings is 1. The van der Waals surface area contributed by atoms with E-state index in [9.17, 15) is 14.4 Å². The zero-order valence-electron chi connectivity index (χ0n) is 17.8. The normalized spacial score (nSPS) is 18.1. The van der Waals surface area contributed by atoms with Crippen LogP contribution >= 0.6 is 0 Å². The number of aromatic nitrogens is 4. The molecule has 1 saturated heterocycles. The summed E-state index contributed by atoms with van der Waals surface area (Å²) >= 11 is 0. The van der Waals surface area contributed by atoms with Crippen molar-refractivity contribution in [3.8, 4) is 11.3 Å². The van der Waals surface area contributed by atoms with E-state index in [4.69, 9.17) is 4.98 Å². The van der Waals surface area contributed by atoms with Gasteiger partial charge in [0.2, 0.25) is 11.8 Å². The van der Waals surface area contributed by atoms with E-state index in [-0.39, 0.29) is 18.2 Å². The van der Waals surface area contributed by atoms with Gasteiger partial charge in [-0.1, -0.05) is 6.07 Å². The molecule has 10 nitrogen and oxygen atoms in total. The number of hydrogen-bond donors (Lipinski definition) is 2. The number of aryl methyl sites for hydroxylation is 2. The molecule has 1 atom stereocenters. The topological polar surface area (TPSA) is 114 Å². The maximum Gasteiger partial charge on any atom is 0.255 e. The van der Waals surface area contributed by atoms with E-state index in [1.807, 2.05) is 43.2 Å². The van der Waals surface area contributed by atoms with Gasteiger partial charge in [0, 0.05) is 50.6 Å². The van der Waals surface area contributed by atoms with Crippen molar-refractivity contribution in [3.05, 3.63) is 53.7 Å². The maximum absolute atomic E-state index is 12.9. The van der Waals surface area contributed by atoms with Gasteiger partial charge < -0.3 is 14.8 Å². The number of imidazole rings is 1. The molecular weight excluding hydrogens is 410 g/mol. The minimum Gasteiger partial charge on any atom is -0.375 e. The Morgan fingerprint density at radius 1 is 1.19 bits per heavy atom. The Kier molecular flexibility index (Phi) is 4.76. The molecule has 164 valence electrons. The lowest BCUT2D eigenvalue weighted by Gasteiger charge is -2.29. The van der Waals surface area contributed by atoms with E-state index in [2.05, 4.69) is 15.7 Å². The highest BCUT2D eigenvalue weighted by Crippen LogP contribution is 2.31. The Hall–Kier alpha value is -3.95. The Morgan fingerprint density at radius 2 is 2.03 bits per heavy atom. The number of rotatable bonds is 5. The number of amides is 3. The predicted molar refractivity (Wildman–Crippen MR) is 115 cm³/mol. The Balaban J connectivity index is 1.34. The number of carbonyl (C=O) groups excluding carboxylic acids is 3. The zero-order chi connectivity index (χ0) is 22.4. The van der Waals surface area contributed by atoms with Crippen molar-refractivity contribution in [2.24, 2.45) is 14.1 Å². The fourth-order valence-electron chi connectivity index (χ4n) is 4.24. The van der Waals surface area contributed by atoms with Crippen molar-refractivity contribution in [3.63, 3.8) is 0 Å². The van der Waals surface area contributed by atoms with Crippen LogP contribution in [0, 0.1) is 0 Å². The van der Waals surface area contributed by atoms with Crippen LogP contribution in [-0.4, -0.2) is 48.0 Å². The maximum atomic E-state index is 12.9. The van der Waals surface area contributed by atoms with Crippen LogP contribution in [0.1, 0.15) is 34.6 Å². The van der Waals surface area contributed by atoms with Gasteiger partial charge in [0.1, 0.15) is 11.9 Å². The number of hydrogen-bond acceptors (Lipinski definition) is 6. The molecule has 32 heavy (non-hydrogen) atoms. The molecule has 0 saturated carbocycles. The van der Waals surface area contributed by atoms with Crippen LogP contribution < -0.4 is 10.6 Å². The summed E-state index contributed by atoms with van der Waals surface area (Å²) in [4.78, 5) is 42.9. The average molecular weight is 433 g/mol. The quantitative estimate of drug-likeness (QED) is 0.585. The Morgan fingerprint density at radius 3 is 2.78 bits per heavy atom. The number of fused-ring (bicyclic) bond motifs is 1. The van der Waals surface area contributed by atoms with Gasteiger partial charge in [-0.15, -0.1) is 0 Å². The van der Waals surface area contributed by atoms with E-state index >= 15 is 0 Å². The molecule has 0 aliphatic carbocycles. The zero-order valence-corrected chi connectivity index (χ0v) is 17.8. The molecule has 3 aromatic rings. The number of nitrogens with zero attached hydrogens (tertiary/aromatic N) is 5. The van der Waals surface area contributed by atoms with Crippen LogP contribution in [-0.2, 0) is 36.8 Å². The van der Waals surface area contributed by atoms with E-state index < -0.39 is 11.9 Å². The van der Waals surface area contributed by atoms with Crippen molar-refractivity contribution in [1.82, 2.24) is 29.5 Å². The molecule has 1 fully saturated rings. The summed E-state index contributed by atoms with van der Waals surface area (Å²) in [5.41, 5.74) is 4.09. The highest BCUT2D eigenvalue weighted by Gasteiger charge is 2.39. The lowest BCUT2D eigenvalue weighted by molar-refractivity contribution is -0.136. The molecule has 2 aliphatic rings. The Bertz CT molecular complexity index is 1240. The van der Waals surface area contributed by atoms with E-state index in [1.54, 1.807) is 21.8 Å². The van der Waals surface area contributed by atoms with Crippen molar-refractivity contribution < 1.29 is 14.4 Å². The van der Waals surface area contributed by atoms with Gasteiger partial charge in [0.15, 0.2) is 0 Å². The van der Waals surface area contributed by atoms with E-state index in [0.717, 1.165) is 28.3 Å². The average Bonchev–Trinajstić information content (AvgIpc) is 3.44. The molecule has 2 aliphatic heterocycles. The fraction of sp³-hybridized carbons (Fsp3) is 0.318. The molecule has 2 N–H and O–H groups in total. The molecule has 0 bridgehead atoms. The standard InChI is InChI=1S/C22H23N7O3/c1-27-12-17(25-19(27)9-23-15-8-24-28(2)11-15)13-3-4-16-14(7-13)10-29(22(16)32)18-5-6-20(30)26-21(18)31/h3-4,7-8,11-12,18,23H,5-6,9-10H2,1-2H3,(H,26,30,31). The third-order valence-electron chi connectivity index (χ3n) is 5.95. The first-order valence-corrected chi connectivity index (χ1v) is 10.4. The minimum atomic E-state index is -0.615. The summed E-state index contributed by atoms with van der Waals surface area (Å²) in [6.07, 6.45) is 6.21. The summed E-state index contributed by atoms with van der Waals surface area (Å²) in [6, 6.07) is 5.02. The third kappa shape index (κ3) is 3.53. The predicted octanol–water partition coefficient (Wildman–Crippen LogP) is 1.19. The first-order valence-electron chi connectivity index (χ1n) is 10.4. The van der Waals surface area contributed by atoms with Gasteiger partial charge in [-0.3, -0.25) is 24.4 Å². The summed E-state index contributed by atoms with van der Waals surface area (Å²) in [5, 5.41) is 9.78. The number of nitrogens with one attached hydrogen (secondary N) is 2. The lowest BCUT2D eigenvalue weighted by atomic mass is 10.0. The third-order valence-corrected chi connectivity index (χ3v) is 5.95. The van der Waals surface area contributed by atoms with Crippen molar-refractivity contribution in [1.29, 1.82) is 0 Å². The van der Waals surface area contributed by atoms with Crippen molar-refractivity contribution in [2.75, 3.05) is 5.32 Å². The second-order valence-corrected chi connectivity index (χ2v) is 8.18. The van der Waals surface area contributed by atoms with Crippen molar-refractivity contribution in [2.45, 2.75) is 32.0 Å². The second-order valence-electron chi connectivity index (χ2n) is 8.18. The number of anilines is 1. The van der Waals surface area contributed by atoms with Crippen molar-refractivity contribution >= 4 is 23.4 Å². The summed E-state index contributed by atoms with van der Waals surface area (Å²) in [6.45, 7) is 0.894. The Labute approximate surface area is 184 Å². The molecule has 1 aromatic carbocycles. The van der Waals surface area contributed by atoms with Gasteiger partial charge in [-0.05, 0) is 24.1 Å². The highest BCUT2D eigenvalue weighted by atomic mass is 16.2. The molecule has 5 rings (SSSR count). The number of benzene rings is 1. The van der Waals surface area contributed by atoms with Gasteiger partial charge in [-0.25, -0.2) is 4.98 Å². The summed E-state index contributed by atoms with van der Waals surface area (Å²) in [7, 11) is 3.81. The SMILES string of the molecule is Cn1cc(NCc2nc(-c3ccc4c(c3)CN(C3CCC(=O)NC3=O)C4=O)cn2C)cn1. The lowest BCUT2D eigenvalue weighted by Crippen LogP contribution is -2.52. The molecule has 0 radical (unpaired) electrons. The van der Waals surface area contributed by atoms with Gasteiger partial charge in [0.25, 0.3) is 5.91 Å². The molecule has 4 heterocycles. The summed E-state index contributed by atoms with van der Waals surface area (Å²) in [5.74, 6) is -0.00573. The number of carbonyl (C=O) groups is 3. The van der Waals surface area contributed by atoms with Crippen LogP contribution in [0.2, 0.25) is 0 Å². The van der Waals surface area contributed by atoms with Crippen LogP contribution in [0.5, 0.6) is 0 Å². The monoisotopic (exact) mass is 433 g/mol. The van der Waals surface area contributed by atoms with Gasteiger partial charge >= 0.3 is 0 Å². The van der Waals surface area contributed by atoms with Crippen LogP contribution in [0.15, 0.2) is 36.8 Å². The summed E-state index contributed by atoms with van der Waals surface area (Å²) < 4.78 is 3.70. The molecule has 3 amide bonds. The van der Waals surface area contributed by atoms with Crippen LogP contribution in [0.4, 0.5) is 5.69 Å². The number of imide groups is 1. The smallest absolute Gasteiger partial charge is 0.255 e. The van der Waals surface area contributed by atoms with Gasteiger partial charge in [0.05, 0.1) is 24.1 Å². The van der Waals surface area contributed by atoms with Gasteiger partial charge in [-0.2, -0.15) is 5.10 Å². The first-order chi connectivity index (χ1) is 15.4. The van der Waals surface area contributed by atoms with Crippen LogP contribution in [0.25, 0.3) is 11.3 Å². The molecule has 1 unspecified atom stereocenters. The largest absolute Gasteiger partial charge is 0.375 e. The second kappa shape index (κ2) is 7.63. The molecule has 10 heteroatoms.